The third kappa shape index (κ3) is 1.87. The van der Waals surface area contributed by atoms with E-state index in [9.17, 15) is 0 Å². The summed E-state index contributed by atoms with van der Waals surface area (Å²) in [6, 6.07) is 13.0. The van der Waals surface area contributed by atoms with Gasteiger partial charge in [-0.05, 0) is 41.3 Å². The van der Waals surface area contributed by atoms with Crippen LogP contribution in [0.5, 0.6) is 0 Å². The van der Waals surface area contributed by atoms with E-state index in [1.54, 1.807) is 0 Å². The molecule has 0 unspecified atom stereocenters. The third-order valence-electron chi connectivity index (χ3n) is 4.35. The van der Waals surface area contributed by atoms with Gasteiger partial charge in [0.05, 0.1) is 0 Å². The molecule has 2 heterocycles. The monoisotopic (exact) mass is 273 g/mol. The lowest BCUT2D eigenvalue weighted by atomic mass is 10.0. The van der Waals surface area contributed by atoms with Crippen molar-refractivity contribution < 1.29 is 4.57 Å². The third-order valence-corrected chi connectivity index (χ3v) is 4.35. The van der Waals surface area contributed by atoms with E-state index in [2.05, 4.69) is 66.1 Å². The van der Waals surface area contributed by atoms with Crippen LogP contribution in [0.1, 0.15) is 16.7 Å². The van der Waals surface area contributed by atoms with Crippen molar-refractivity contribution in [3.8, 4) is 22.4 Å². The van der Waals surface area contributed by atoms with Crippen molar-refractivity contribution in [2.45, 2.75) is 13.3 Å². The minimum Gasteiger partial charge on any atom is -0.264 e. The predicted octanol–water partition coefficient (Wildman–Crippen LogP) is 3.45. The Balaban J connectivity index is 1.96. The van der Waals surface area contributed by atoms with Crippen LogP contribution in [-0.4, -0.2) is 4.98 Å². The molecule has 102 valence electrons. The Morgan fingerprint density at radius 1 is 1.00 bits per heavy atom. The van der Waals surface area contributed by atoms with Gasteiger partial charge in [-0.15, -0.1) is 0 Å². The number of aromatic nitrogens is 2. The molecule has 0 atom stereocenters. The average Bonchev–Trinajstić information content (AvgIpc) is 2.84. The van der Waals surface area contributed by atoms with E-state index in [-0.39, 0.29) is 0 Å². The summed E-state index contributed by atoms with van der Waals surface area (Å²) >= 11 is 0. The van der Waals surface area contributed by atoms with E-state index in [1.165, 1.54) is 39.1 Å². The molecule has 1 aliphatic rings. The van der Waals surface area contributed by atoms with Crippen LogP contribution in [0.3, 0.4) is 0 Å². The summed E-state index contributed by atoms with van der Waals surface area (Å²) in [5.41, 5.74) is 9.26. The summed E-state index contributed by atoms with van der Waals surface area (Å²) in [6.07, 6.45) is 7.12. The maximum atomic E-state index is 4.25. The summed E-state index contributed by atoms with van der Waals surface area (Å²) in [5.74, 6) is 0. The Hall–Kier alpha value is -2.48. The van der Waals surface area contributed by atoms with E-state index in [1.807, 2.05) is 12.4 Å². The van der Waals surface area contributed by atoms with Gasteiger partial charge in [-0.1, -0.05) is 18.2 Å². The second kappa shape index (κ2) is 4.52. The van der Waals surface area contributed by atoms with Crippen molar-refractivity contribution in [2.24, 2.45) is 7.05 Å². The van der Waals surface area contributed by atoms with E-state index in [4.69, 9.17) is 0 Å². The molecule has 21 heavy (non-hydrogen) atoms. The average molecular weight is 273 g/mol. The molecule has 0 bridgehead atoms. The largest absolute Gasteiger partial charge is 0.264 e. The van der Waals surface area contributed by atoms with Crippen LogP contribution in [0, 0.1) is 6.92 Å². The van der Waals surface area contributed by atoms with Gasteiger partial charge >= 0.3 is 0 Å². The molecule has 0 radical (unpaired) electrons. The Morgan fingerprint density at radius 2 is 1.86 bits per heavy atom. The van der Waals surface area contributed by atoms with Crippen LogP contribution < -0.4 is 4.57 Å². The normalized spacial score (nSPS) is 12.1. The highest BCUT2D eigenvalue weighted by molar-refractivity contribution is 5.78. The van der Waals surface area contributed by atoms with Crippen molar-refractivity contribution in [1.29, 1.82) is 0 Å². The Kier molecular flexibility index (Phi) is 2.64. The Bertz CT molecular complexity index is 850. The topological polar surface area (TPSA) is 16.8 Å². The minimum absolute atomic E-state index is 0.987. The van der Waals surface area contributed by atoms with Gasteiger partial charge in [0.15, 0.2) is 6.20 Å². The quantitative estimate of drug-likeness (QED) is 0.485. The summed E-state index contributed by atoms with van der Waals surface area (Å²) in [5, 5.41) is 0. The molecule has 1 aromatic carbocycles. The smallest absolute Gasteiger partial charge is 0.213 e. The molecule has 3 aromatic rings. The van der Waals surface area contributed by atoms with E-state index >= 15 is 0 Å². The first-order chi connectivity index (χ1) is 10.2. The van der Waals surface area contributed by atoms with Gasteiger partial charge < -0.3 is 0 Å². The zero-order valence-corrected chi connectivity index (χ0v) is 12.3. The SMILES string of the molecule is Cc1ccccc1-c1cc2c(c[n+]1C)Cc1cnccc1-2. The van der Waals surface area contributed by atoms with Gasteiger partial charge in [0.2, 0.25) is 5.69 Å². The van der Waals surface area contributed by atoms with Crippen molar-refractivity contribution >= 4 is 0 Å². The molecule has 2 aromatic heterocycles. The zero-order chi connectivity index (χ0) is 14.4. The molecule has 0 aliphatic heterocycles. The minimum atomic E-state index is 0.987. The van der Waals surface area contributed by atoms with Gasteiger partial charge in [-0.2, -0.15) is 0 Å². The summed E-state index contributed by atoms with van der Waals surface area (Å²) in [7, 11) is 2.13. The first-order valence-electron chi connectivity index (χ1n) is 7.26. The number of benzene rings is 1. The van der Waals surface area contributed by atoms with Gasteiger partial charge in [-0.25, -0.2) is 4.57 Å². The molecule has 2 heteroatoms. The highest BCUT2D eigenvalue weighted by Gasteiger charge is 2.24. The fourth-order valence-electron chi connectivity index (χ4n) is 3.26. The lowest BCUT2D eigenvalue weighted by Crippen LogP contribution is -2.31. The molecule has 0 spiro atoms. The first kappa shape index (κ1) is 12.3. The molecule has 2 nitrogen and oxygen atoms in total. The second-order valence-corrected chi connectivity index (χ2v) is 5.73. The maximum Gasteiger partial charge on any atom is 0.213 e. The molecule has 0 amide bonds. The van der Waals surface area contributed by atoms with Crippen LogP contribution in [0.4, 0.5) is 0 Å². The maximum absolute atomic E-state index is 4.25. The Morgan fingerprint density at radius 3 is 2.71 bits per heavy atom. The van der Waals surface area contributed by atoms with Gasteiger partial charge in [0.25, 0.3) is 0 Å². The predicted molar refractivity (Wildman–Crippen MR) is 83.8 cm³/mol. The zero-order valence-electron chi connectivity index (χ0n) is 12.3. The van der Waals surface area contributed by atoms with Crippen LogP contribution in [0.25, 0.3) is 22.4 Å². The molecular formula is C19H17N2+. The lowest BCUT2D eigenvalue weighted by Gasteiger charge is -2.07. The molecule has 0 saturated heterocycles. The molecular weight excluding hydrogens is 256 g/mol. The lowest BCUT2D eigenvalue weighted by molar-refractivity contribution is -0.660. The molecule has 0 N–H and O–H groups in total. The number of fused-ring (bicyclic) bond motifs is 3. The fraction of sp³-hybridized carbons (Fsp3) is 0.158. The molecule has 0 fully saturated rings. The second-order valence-electron chi connectivity index (χ2n) is 5.73. The van der Waals surface area contributed by atoms with Crippen molar-refractivity contribution in [2.75, 3.05) is 0 Å². The van der Waals surface area contributed by atoms with Gasteiger partial charge in [-0.3, -0.25) is 4.98 Å². The highest BCUT2D eigenvalue weighted by atomic mass is 14.9. The standard InChI is InChI=1S/C19H17N2/c1-13-5-3-4-6-16(13)19-10-18-15(12-21(19)2)9-14-11-20-8-7-17(14)18/h3-8,10-12H,9H2,1-2H3/q+1. The number of rotatable bonds is 1. The van der Waals surface area contributed by atoms with Crippen LogP contribution in [0.2, 0.25) is 0 Å². The summed E-state index contributed by atoms with van der Waals surface area (Å²) in [4.78, 5) is 4.25. The van der Waals surface area contributed by atoms with Crippen molar-refractivity contribution in [1.82, 2.24) is 4.98 Å². The molecule has 4 rings (SSSR count). The number of pyridine rings is 2. The summed E-state index contributed by atoms with van der Waals surface area (Å²) in [6.45, 7) is 2.17. The summed E-state index contributed by atoms with van der Waals surface area (Å²) < 4.78 is 2.24. The van der Waals surface area contributed by atoms with Crippen molar-refractivity contribution in [3.05, 3.63) is 71.7 Å². The number of hydrogen-bond donors (Lipinski definition) is 0. The highest BCUT2D eigenvalue weighted by Crippen LogP contribution is 2.37. The Labute approximate surface area is 124 Å². The number of aryl methyl sites for hydroxylation is 2. The fourth-order valence-corrected chi connectivity index (χ4v) is 3.26. The van der Waals surface area contributed by atoms with Crippen LogP contribution >= 0.6 is 0 Å². The van der Waals surface area contributed by atoms with Crippen molar-refractivity contribution in [3.63, 3.8) is 0 Å². The first-order valence-corrected chi connectivity index (χ1v) is 7.26. The van der Waals surface area contributed by atoms with Crippen LogP contribution in [0.15, 0.2) is 55.0 Å². The number of nitrogens with zero attached hydrogens (tertiary/aromatic N) is 2. The molecule has 0 saturated carbocycles. The number of hydrogen-bond acceptors (Lipinski definition) is 1. The van der Waals surface area contributed by atoms with Crippen LogP contribution in [-0.2, 0) is 13.5 Å². The van der Waals surface area contributed by atoms with Gasteiger partial charge in [0, 0.05) is 36.0 Å². The molecule has 1 aliphatic carbocycles. The van der Waals surface area contributed by atoms with E-state index < -0.39 is 0 Å². The van der Waals surface area contributed by atoms with Gasteiger partial charge in [0.1, 0.15) is 7.05 Å². The van der Waals surface area contributed by atoms with E-state index in [0.29, 0.717) is 0 Å². The van der Waals surface area contributed by atoms with E-state index in [0.717, 1.165) is 6.42 Å².